The fourth-order valence-corrected chi connectivity index (χ4v) is 4.83. The van der Waals surface area contributed by atoms with E-state index in [1.807, 2.05) is 6.92 Å². The first-order valence-corrected chi connectivity index (χ1v) is 13.0. The number of nitrogens with one attached hydrogen (secondary N) is 1. The molecule has 1 amide bonds. The molecule has 0 saturated heterocycles. The predicted octanol–water partition coefficient (Wildman–Crippen LogP) is 2.00. The van der Waals surface area contributed by atoms with E-state index >= 15 is 0 Å². The van der Waals surface area contributed by atoms with Crippen molar-refractivity contribution in [3.63, 3.8) is 0 Å². The van der Waals surface area contributed by atoms with Crippen LogP contribution in [0.1, 0.15) is 24.9 Å². The van der Waals surface area contributed by atoms with E-state index < -0.39 is 38.4 Å². The molecule has 0 bridgehead atoms. The SMILES string of the molecule is CC[C@@H](NC(=O)CN(C)S(=O)(=O)c1ccc(OC)c(OC)c1)c1ccc(S(C)(=O)=O)cc1. The summed E-state index contributed by atoms with van der Waals surface area (Å²) < 4.78 is 60.2. The highest BCUT2D eigenvalue weighted by Gasteiger charge is 2.25. The number of ether oxygens (including phenoxy) is 2. The number of amides is 1. The minimum absolute atomic E-state index is 0.0335. The van der Waals surface area contributed by atoms with Crippen molar-refractivity contribution in [1.29, 1.82) is 0 Å². The van der Waals surface area contributed by atoms with E-state index in [1.165, 1.54) is 51.6 Å². The predicted molar refractivity (Wildman–Crippen MR) is 120 cm³/mol. The highest BCUT2D eigenvalue weighted by molar-refractivity contribution is 7.90. The van der Waals surface area contributed by atoms with Gasteiger partial charge in [-0.05, 0) is 36.2 Å². The van der Waals surface area contributed by atoms with Crippen molar-refractivity contribution < 1.29 is 31.1 Å². The van der Waals surface area contributed by atoms with Gasteiger partial charge < -0.3 is 14.8 Å². The number of methoxy groups -OCH3 is 2. The molecule has 9 nitrogen and oxygen atoms in total. The molecule has 0 aromatic heterocycles. The number of hydrogen-bond acceptors (Lipinski definition) is 7. The van der Waals surface area contributed by atoms with Gasteiger partial charge in [-0.3, -0.25) is 4.79 Å². The minimum Gasteiger partial charge on any atom is -0.493 e. The highest BCUT2D eigenvalue weighted by atomic mass is 32.2. The zero-order valence-electron chi connectivity index (χ0n) is 18.7. The van der Waals surface area contributed by atoms with Gasteiger partial charge >= 0.3 is 0 Å². The largest absolute Gasteiger partial charge is 0.493 e. The van der Waals surface area contributed by atoms with E-state index in [1.54, 1.807) is 12.1 Å². The first kappa shape index (κ1) is 25.6. The van der Waals surface area contributed by atoms with Crippen LogP contribution in [-0.4, -0.2) is 61.1 Å². The van der Waals surface area contributed by atoms with Crippen LogP contribution in [0.2, 0.25) is 0 Å². The van der Waals surface area contributed by atoms with Gasteiger partial charge in [0, 0.05) is 19.4 Å². The summed E-state index contributed by atoms with van der Waals surface area (Å²) in [4.78, 5) is 12.7. The first-order valence-electron chi connectivity index (χ1n) is 9.71. The molecule has 11 heteroatoms. The summed E-state index contributed by atoms with van der Waals surface area (Å²) >= 11 is 0. The van der Waals surface area contributed by atoms with Gasteiger partial charge in [0.2, 0.25) is 15.9 Å². The van der Waals surface area contributed by atoms with E-state index in [4.69, 9.17) is 9.47 Å². The zero-order valence-corrected chi connectivity index (χ0v) is 20.3. The second-order valence-corrected chi connectivity index (χ2v) is 11.2. The van der Waals surface area contributed by atoms with Crippen molar-refractivity contribution in [3.8, 4) is 11.5 Å². The summed E-state index contributed by atoms with van der Waals surface area (Å²) in [5.74, 6) is 0.158. The molecule has 2 rings (SSSR count). The Morgan fingerprint density at radius 3 is 2.03 bits per heavy atom. The molecule has 0 spiro atoms. The fourth-order valence-electron chi connectivity index (χ4n) is 3.05. The lowest BCUT2D eigenvalue weighted by atomic mass is 10.0. The van der Waals surface area contributed by atoms with Crippen LogP contribution in [0.4, 0.5) is 0 Å². The van der Waals surface area contributed by atoms with E-state index in [0.29, 0.717) is 12.2 Å². The number of hydrogen-bond donors (Lipinski definition) is 1. The Bertz CT molecular complexity index is 1160. The number of nitrogens with zero attached hydrogens (tertiary/aromatic N) is 1. The molecule has 0 heterocycles. The van der Waals surface area contributed by atoms with Crippen molar-refractivity contribution in [3.05, 3.63) is 48.0 Å². The van der Waals surface area contributed by atoms with Gasteiger partial charge in [0.1, 0.15) is 0 Å². The number of likely N-dealkylation sites (N-methyl/N-ethyl adjacent to an activating group) is 1. The monoisotopic (exact) mass is 484 g/mol. The van der Waals surface area contributed by atoms with Crippen LogP contribution >= 0.6 is 0 Å². The summed E-state index contributed by atoms with van der Waals surface area (Å²) in [6.45, 7) is 1.47. The van der Waals surface area contributed by atoms with Crippen molar-refractivity contribution in [1.82, 2.24) is 9.62 Å². The van der Waals surface area contributed by atoms with E-state index in [9.17, 15) is 21.6 Å². The summed E-state index contributed by atoms with van der Waals surface area (Å²) in [7, 11) is -3.11. The maximum atomic E-state index is 12.9. The van der Waals surface area contributed by atoms with Gasteiger partial charge in [-0.15, -0.1) is 0 Å². The standard InChI is InChI=1S/C21H28N2O7S2/c1-6-18(15-7-9-16(10-8-15)31(5,25)26)22-21(24)14-23(2)32(27,28)17-11-12-19(29-3)20(13-17)30-4/h7-13,18H,6,14H2,1-5H3,(H,22,24)/t18-/m1/s1. The van der Waals surface area contributed by atoms with Crippen molar-refractivity contribution in [2.24, 2.45) is 0 Å². The van der Waals surface area contributed by atoms with Crippen LogP contribution in [-0.2, 0) is 24.7 Å². The molecule has 0 saturated carbocycles. The third kappa shape index (κ3) is 5.99. The molecule has 2 aromatic rings. The maximum absolute atomic E-state index is 12.9. The zero-order chi connectivity index (χ0) is 24.1. The van der Waals surface area contributed by atoms with Crippen LogP contribution in [0.15, 0.2) is 52.3 Å². The van der Waals surface area contributed by atoms with Crippen LogP contribution in [0, 0.1) is 0 Å². The number of carbonyl (C=O) groups excluding carboxylic acids is 1. The number of carbonyl (C=O) groups is 1. The minimum atomic E-state index is -3.95. The molecule has 0 aliphatic heterocycles. The number of rotatable bonds is 10. The summed E-state index contributed by atoms with van der Waals surface area (Å²) in [5, 5.41) is 2.80. The molecule has 1 N–H and O–H groups in total. The molecule has 0 radical (unpaired) electrons. The Morgan fingerprint density at radius 1 is 0.969 bits per heavy atom. The Hall–Kier alpha value is -2.63. The fraction of sp³-hybridized carbons (Fsp3) is 0.381. The summed E-state index contributed by atoms with van der Waals surface area (Å²) in [6, 6.07) is 10.0. The van der Waals surface area contributed by atoms with E-state index in [0.717, 1.165) is 16.1 Å². The average Bonchev–Trinajstić information content (AvgIpc) is 2.76. The highest BCUT2D eigenvalue weighted by Crippen LogP contribution is 2.30. The molecule has 0 fully saturated rings. The molecule has 32 heavy (non-hydrogen) atoms. The van der Waals surface area contributed by atoms with Crippen LogP contribution in [0.5, 0.6) is 11.5 Å². The smallest absolute Gasteiger partial charge is 0.243 e. The average molecular weight is 485 g/mol. The molecule has 0 aliphatic rings. The third-order valence-electron chi connectivity index (χ3n) is 4.88. The lowest BCUT2D eigenvalue weighted by Crippen LogP contribution is -2.39. The molecular formula is C21H28N2O7S2. The van der Waals surface area contributed by atoms with Gasteiger partial charge in [-0.2, -0.15) is 4.31 Å². The number of sulfone groups is 1. The molecule has 2 aromatic carbocycles. The number of sulfonamides is 1. The Kier molecular flexibility index (Phi) is 8.27. The lowest BCUT2D eigenvalue weighted by molar-refractivity contribution is -0.121. The van der Waals surface area contributed by atoms with Gasteiger partial charge in [-0.1, -0.05) is 19.1 Å². The van der Waals surface area contributed by atoms with Crippen molar-refractivity contribution in [2.75, 3.05) is 34.1 Å². The van der Waals surface area contributed by atoms with Crippen LogP contribution < -0.4 is 14.8 Å². The third-order valence-corrected chi connectivity index (χ3v) is 7.81. The quantitative estimate of drug-likeness (QED) is 0.548. The normalized spacial score (nSPS) is 12.9. The van der Waals surface area contributed by atoms with Gasteiger partial charge in [0.25, 0.3) is 0 Å². The first-order chi connectivity index (χ1) is 14.9. The molecule has 1 atom stereocenters. The Labute approximate surface area is 189 Å². The van der Waals surface area contributed by atoms with E-state index in [-0.39, 0.29) is 15.5 Å². The maximum Gasteiger partial charge on any atom is 0.243 e. The molecular weight excluding hydrogens is 456 g/mol. The Morgan fingerprint density at radius 2 is 1.53 bits per heavy atom. The van der Waals surface area contributed by atoms with Crippen LogP contribution in [0.3, 0.4) is 0 Å². The molecule has 0 aliphatic carbocycles. The van der Waals surface area contributed by atoms with Crippen molar-refractivity contribution in [2.45, 2.75) is 29.2 Å². The second-order valence-electron chi connectivity index (χ2n) is 7.15. The number of benzene rings is 2. The molecule has 0 unspecified atom stereocenters. The summed E-state index contributed by atoms with van der Waals surface area (Å²) in [6.07, 6.45) is 1.66. The van der Waals surface area contributed by atoms with Gasteiger partial charge in [0.05, 0.1) is 36.6 Å². The summed E-state index contributed by atoms with van der Waals surface area (Å²) in [5.41, 5.74) is 0.721. The topological polar surface area (TPSA) is 119 Å². The van der Waals surface area contributed by atoms with Gasteiger partial charge in [0.15, 0.2) is 21.3 Å². The molecule has 176 valence electrons. The Balaban J connectivity index is 2.13. The second kappa shape index (κ2) is 10.3. The van der Waals surface area contributed by atoms with Gasteiger partial charge in [-0.25, -0.2) is 16.8 Å². The van der Waals surface area contributed by atoms with E-state index in [2.05, 4.69) is 5.32 Å². The van der Waals surface area contributed by atoms with Crippen molar-refractivity contribution >= 4 is 25.8 Å². The van der Waals surface area contributed by atoms with Crippen LogP contribution in [0.25, 0.3) is 0 Å². The lowest BCUT2D eigenvalue weighted by Gasteiger charge is -2.21.